The molecule has 5 atom stereocenters. The number of rotatable bonds is 17. The number of allylic oxidation sites excluding steroid dienone is 3. The number of ether oxygens (including phenoxy) is 2. The Morgan fingerprint density at radius 1 is 0.884 bits per heavy atom. The van der Waals surface area contributed by atoms with Crippen molar-refractivity contribution in [2.45, 2.75) is 90.6 Å². The number of phenols is 1. The van der Waals surface area contributed by atoms with Crippen LogP contribution in [-0.4, -0.2) is 144 Å². The van der Waals surface area contributed by atoms with Crippen molar-refractivity contribution in [1.82, 2.24) is 30.3 Å². The Kier molecular flexibility index (Phi) is 16.2. The Labute approximate surface area is 411 Å². The SMILES string of the molecule is Cc1ncsc1C1=CC=C([C@H](C)NC(=O)[C@@H]2C[C@@H](O)CN2C(=O)C(NC(=O)COCCN2CCN(CCOc3ccc(C4c5ccc(O)cc5CCN4c4ccccc4)cc3)CC2)C(C)(C)C)CC1. The van der Waals surface area contributed by atoms with Gasteiger partial charge in [-0.25, -0.2) is 4.98 Å². The molecule has 69 heavy (non-hydrogen) atoms. The van der Waals surface area contributed by atoms with Crippen molar-refractivity contribution < 1.29 is 34.1 Å². The lowest BCUT2D eigenvalue weighted by molar-refractivity contribution is -0.144. The average molecular weight is 960 g/mol. The number of carbonyl (C=O) groups excluding carboxylic acids is 3. The molecule has 2 saturated heterocycles. The summed E-state index contributed by atoms with van der Waals surface area (Å²) < 4.78 is 12.0. The van der Waals surface area contributed by atoms with E-state index in [9.17, 15) is 24.6 Å². The summed E-state index contributed by atoms with van der Waals surface area (Å²) in [5.41, 5.74) is 9.27. The second kappa shape index (κ2) is 22.4. The number of thiazole rings is 1. The van der Waals surface area contributed by atoms with Gasteiger partial charge in [-0.05, 0) is 103 Å². The Morgan fingerprint density at radius 2 is 1.61 bits per heavy atom. The van der Waals surface area contributed by atoms with Gasteiger partial charge in [0.15, 0.2) is 0 Å². The van der Waals surface area contributed by atoms with Crippen molar-refractivity contribution in [3.63, 3.8) is 0 Å². The molecule has 15 heteroatoms. The summed E-state index contributed by atoms with van der Waals surface area (Å²) in [6.07, 6.45) is 5.96. The number of benzene rings is 3. The number of para-hydroxylation sites is 1. The van der Waals surface area contributed by atoms with Gasteiger partial charge >= 0.3 is 0 Å². The maximum Gasteiger partial charge on any atom is 0.246 e. The Hall–Kier alpha value is -5.58. The fraction of sp³-hybridized carbons (Fsp3) is 0.481. The lowest BCUT2D eigenvalue weighted by atomic mass is 9.85. The molecule has 8 rings (SSSR count). The number of carbonyl (C=O) groups is 3. The van der Waals surface area contributed by atoms with Crippen LogP contribution in [0.1, 0.15) is 80.3 Å². The van der Waals surface area contributed by atoms with E-state index >= 15 is 0 Å². The van der Waals surface area contributed by atoms with Crippen molar-refractivity contribution in [2.24, 2.45) is 5.41 Å². The molecule has 1 aliphatic carbocycles. The zero-order chi connectivity index (χ0) is 48.7. The molecule has 14 nitrogen and oxygen atoms in total. The van der Waals surface area contributed by atoms with E-state index in [4.69, 9.17) is 9.47 Å². The van der Waals surface area contributed by atoms with Crippen molar-refractivity contribution in [1.29, 1.82) is 0 Å². The van der Waals surface area contributed by atoms with Crippen LogP contribution < -0.4 is 20.3 Å². The zero-order valence-electron chi connectivity index (χ0n) is 40.7. The number of fused-ring (bicyclic) bond motifs is 1. The highest BCUT2D eigenvalue weighted by atomic mass is 32.1. The van der Waals surface area contributed by atoms with E-state index < -0.39 is 35.4 Å². The molecule has 4 aromatic rings. The van der Waals surface area contributed by atoms with Gasteiger partial charge in [0.1, 0.15) is 36.8 Å². The number of aromatic hydroxyl groups is 1. The van der Waals surface area contributed by atoms with Gasteiger partial charge in [0, 0.05) is 70.5 Å². The van der Waals surface area contributed by atoms with Gasteiger partial charge in [0.05, 0.1) is 34.8 Å². The molecule has 3 aliphatic heterocycles. The molecule has 4 aliphatic rings. The number of nitrogens with one attached hydrogen (secondary N) is 2. The number of nitrogens with zero attached hydrogens (tertiary/aromatic N) is 5. The summed E-state index contributed by atoms with van der Waals surface area (Å²) >= 11 is 1.63. The topological polar surface area (TPSA) is 160 Å². The van der Waals surface area contributed by atoms with Crippen LogP contribution in [0.15, 0.2) is 96.0 Å². The van der Waals surface area contributed by atoms with Crippen LogP contribution in [0.3, 0.4) is 0 Å². The third kappa shape index (κ3) is 12.4. The summed E-state index contributed by atoms with van der Waals surface area (Å²) in [5.74, 6) is 0.0111. The van der Waals surface area contributed by atoms with E-state index in [2.05, 4.69) is 91.0 Å². The highest BCUT2D eigenvalue weighted by Crippen LogP contribution is 2.40. The molecule has 4 N–H and O–H groups in total. The largest absolute Gasteiger partial charge is 0.508 e. The van der Waals surface area contributed by atoms with E-state index in [1.807, 2.05) is 58.3 Å². The minimum Gasteiger partial charge on any atom is -0.508 e. The first kappa shape index (κ1) is 49.8. The molecule has 2 fully saturated rings. The molecule has 1 aromatic heterocycles. The van der Waals surface area contributed by atoms with Gasteiger partial charge < -0.3 is 40.1 Å². The number of piperazine rings is 1. The van der Waals surface area contributed by atoms with Gasteiger partial charge in [0.2, 0.25) is 17.7 Å². The number of aliphatic hydroxyl groups is 1. The summed E-state index contributed by atoms with van der Waals surface area (Å²) in [6, 6.07) is 22.6. The monoisotopic (exact) mass is 959 g/mol. The third-order valence-electron chi connectivity index (χ3n) is 14.0. The van der Waals surface area contributed by atoms with Crippen LogP contribution in [0.4, 0.5) is 5.69 Å². The van der Waals surface area contributed by atoms with Crippen LogP contribution in [-0.2, 0) is 25.5 Å². The number of anilines is 1. The van der Waals surface area contributed by atoms with Crippen molar-refractivity contribution in [3.8, 4) is 11.5 Å². The number of aryl methyl sites for hydroxylation is 1. The van der Waals surface area contributed by atoms with Crippen molar-refractivity contribution in [3.05, 3.63) is 123 Å². The molecule has 2 unspecified atom stereocenters. The van der Waals surface area contributed by atoms with Gasteiger partial charge in [-0.3, -0.25) is 24.2 Å². The molecule has 0 radical (unpaired) electrons. The van der Waals surface area contributed by atoms with E-state index in [-0.39, 0.29) is 37.6 Å². The number of amides is 3. The van der Waals surface area contributed by atoms with Gasteiger partial charge in [-0.15, -0.1) is 11.3 Å². The molecule has 0 saturated carbocycles. The zero-order valence-corrected chi connectivity index (χ0v) is 41.6. The predicted molar refractivity (Wildman–Crippen MR) is 270 cm³/mol. The number of aliphatic hydroxyl groups excluding tert-OH is 1. The molecular weight excluding hydrogens is 891 g/mol. The summed E-state index contributed by atoms with van der Waals surface area (Å²) in [7, 11) is 0. The lowest BCUT2D eigenvalue weighted by Crippen LogP contribution is -2.58. The smallest absolute Gasteiger partial charge is 0.246 e. The highest BCUT2D eigenvalue weighted by molar-refractivity contribution is 7.10. The summed E-state index contributed by atoms with van der Waals surface area (Å²) in [6.45, 7) is 16.3. The molecule has 0 spiro atoms. The predicted octanol–water partition coefficient (Wildman–Crippen LogP) is 6.12. The normalized spacial score (nSPS) is 20.9. The van der Waals surface area contributed by atoms with Gasteiger partial charge in [0.25, 0.3) is 0 Å². The standard InChI is InChI=1S/C54H69N7O7S/c1-36(38-11-13-40(14-12-38)50-37(2)55-35-69-50)56-52(65)47-32-44(63)33-61(47)53(66)51(54(3,4)5)57-48(64)34-67-29-27-58-23-25-59(26-24-58)28-30-68-45-18-15-39(16-19-45)49-46-20-17-43(62)31-41(46)21-22-60(49)42-9-7-6-8-10-42/h6-11,13,15-20,31,35-36,44,47,49,51,62-63H,12,14,21-30,32-34H2,1-5H3,(H,56,65)(H,57,64)/t36-,44+,47-,49?,51?/m0/s1. The second-order valence-electron chi connectivity index (χ2n) is 19.9. The Bertz CT molecular complexity index is 2460. The number of aromatic nitrogens is 1. The van der Waals surface area contributed by atoms with E-state index in [1.165, 1.54) is 37.7 Å². The number of likely N-dealkylation sites (tertiary alicyclic amines) is 1. The van der Waals surface area contributed by atoms with E-state index in [1.54, 1.807) is 17.4 Å². The van der Waals surface area contributed by atoms with E-state index in [0.29, 0.717) is 25.5 Å². The van der Waals surface area contributed by atoms with Crippen LogP contribution in [0.25, 0.3) is 5.57 Å². The molecule has 3 amide bonds. The van der Waals surface area contributed by atoms with Crippen LogP contribution in [0, 0.1) is 12.3 Å². The van der Waals surface area contributed by atoms with Gasteiger partial charge in [-0.1, -0.05) is 69.3 Å². The first-order valence-electron chi connectivity index (χ1n) is 24.5. The third-order valence-corrected chi connectivity index (χ3v) is 15.0. The van der Waals surface area contributed by atoms with Gasteiger partial charge in [-0.2, -0.15) is 0 Å². The van der Waals surface area contributed by atoms with Crippen LogP contribution >= 0.6 is 11.3 Å². The fourth-order valence-corrected chi connectivity index (χ4v) is 10.9. The molecule has 3 aromatic carbocycles. The first-order valence-corrected chi connectivity index (χ1v) is 25.4. The van der Waals surface area contributed by atoms with Crippen molar-refractivity contribution >= 4 is 40.3 Å². The number of phenolic OH excluding ortho intramolecular Hbond substituents is 1. The first-order chi connectivity index (χ1) is 33.2. The minimum atomic E-state index is -0.926. The van der Waals surface area contributed by atoms with Crippen molar-refractivity contribution in [2.75, 3.05) is 77.1 Å². The number of β-amino-alcohol motifs (C(OH)–C–C–N with tert-alkyl or cyclic N) is 1. The maximum absolute atomic E-state index is 14.1. The Morgan fingerprint density at radius 3 is 2.28 bits per heavy atom. The highest BCUT2D eigenvalue weighted by Gasteiger charge is 2.45. The number of hydrogen-bond acceptors (Lipinski definition) is 12. The molecular formula is C54H69N7O7S. The molecule has 0 bridgehead atoms. The maximum atomic E-state index is 14.1. The second-order valence-corrected chi connectivity index (χ2v) is 20.8. The number of hydrogen-bond donors (Lipinski definition) is 4. The lowest BCUT2D eigenvalue weighted by Gasteiger charge is -2.39. The fourth-order valence-electron chi connectivity index (χ4n) is 10.0. The van der Waals surface area contributed by atoms with Crippen LogP contribution in [0.2, 0.25) is 0 Å². The summed E-state index contributed by atoms with van der Waals surface area (Å²) in [5, 5.41) is 26.9. The minimum absolute atomic E-state index is 0.0149. The average Bonchev–Trinajstić information content (AvgIpc) is 3.97. The molecule has 4 heterocycles. The van der Waals surface area contributed by atoms with E-state index in [0.717, 1.165) is 75.5 Å². The quantitative estimate of drug-likeness (QED) is 0.0904. The molecule has 368 valence electrons. The van der Waals surface area contributed by atoms with Crippen LogP contribution in [0.5, 0.6) is 11.5 Å². The summed E-state index contributed by atoms with van der Waals surface area (Å²) in [4.78, 5) is 55.3. The Balaban J connectivity index is 0.746.